The molecular weight excluding hydrogens is 224 g/mol. The van der Waals surface area contributed by atoms with Crippen LogP contribution in [-0.2, 0) is 6.42 Å². The minimum atomic E-state index is 0.176. The molecule has 2 rings (SSSR count). The Hall–Kier alpha value is -0.900. The summed E-state index contributed by atoms with van der Waals surface area (Å²) in [5.41, 5.74) is 1.29. The van der Waals surface area contributed by atoms with E-state index < -0.39 is 0 Å². The SMILES string of the molecule is OCC(Cc1ccccc1)NC1CCCNCC1. The summed E-state index contributed by atoms with van der Waals surface area (Å²) in [6.45, 7) is 2.42. The van der Waals surface area contributed by atoms with Crippen molar-refractivity contribution in [1.82, 2.24) is 10.6 Å². The minimum absolute atomic E-state index is 0.176. The Morgan fingerprint density at radius 2 is 2.06 bits per heavy atom. The van der Waals surface area contributed by atoms with Gasteiger partial charge in [0.15, 0.2) is 0 Å². The molecule has 2 atom stereocenters. The molecule has 3 heteroatoms. The summed E-state index contributed by atoms with van der Waals surface area (Å²) in [7, 11) is 0. The summed E-state index contributed by atoms with van der Waals surface area (Å²) < 4.78 is 0. The van der Waals surface area contributed by atoms with Crippen LogP contribution in [0.3, 0.4) is 0 Å². The highest BCUT2D eigenvalue weighted by Crippen LogP contribution is 2.09. The molecule has 100 valence electrons. The zero-order chi connectivity index (χ0) is 12.6. The molecule has 0 aromatic heterocycles. The molecule has 2 unspecified atom stereocenters. The molecule has 1 aromatic rings. The first-order valence-corrected chi connectivity index (χ1v) is 7.00. The number of aliphatic hydroxyl groups is 1. The largest absolute Gasteiger partial charge is 0.395 e. The van der Waals surface area contributed by atoms with E-state index in [2.05, 4.69) is 34.9 Å². The second-order valence-electron chi connectivity index (χ2n) is 5.11. The predicted molar refractivity (Wildman–Crippen MR) is 74.7 cm³/mol. The number of hydrogen-bond donors (Lipinski definition) is 3. The average Bonchev–Trinajstić information content (AvgIpc) is 2.68. The first-order chi connectivity index (χ1) is 8.88. The molecule has 1 fully saturated rings. The molecule has 0 aliphatic carbocycles. The van der Waals surface area contributed by atoms with Gasteiger partial charge in [0.2, 0.25) is 0 Å². The molecule has 1 aliphatic rings. The second-order valence-corrected chi connectivity index (χ2v) is 5.11. The molecule has 1 aromatic carbocycles. The summed E-state index contributed by atoms with van der Waals surface area (Å²) in [6, 6.07) is 11.1. The Balaban J connectivity index is 1.84. The van der Waals surface area contributed by atoms with E-state index in [-0.39, 0.29) is 12.6 Å². The van der Waals surface area contributed by atoms with Gasteiger partial charge in [-0.05, 0) is 44.3 Å². The van der Waals surface area contributed by atoms with Crippen molar-refractivity contribution in [2.24, 2.45) is 0 Å². The Bertz CT molecular complexity index is 321. The number of rotatable bonds is 5. The number of benzene rings is 1. The van der Waals surface area contributed by atoms with E-state index in [0.717, 1.165) is 25.9 Å². The van der Waals surface area contributed by atoms with Crippen molar-refractivity contribution in [3.63, 3.8) is 0 Å². The lowest BCUT2D eigenvalue weighted by molar-refractivity contribution is 0.226. The normalized spacial score (nSPS) is 22.4. The number of hydrogen-bond acceptors (Lipinski definition) is 3. The van der Waals surface area contributed by atoms with Crippen molar-refractivity contribution in [2.45, 2.75) is 37.8 Å². The molecule has 0 spiro atoms. The van der Waals surface area contributed by atoms with Crippen molar-refractivity contribution < 1.29 is 5.11 Å². The van der Waals surface area contributed by atoms with Gasteiger partial charge in [0.05, 0.1) is 6.61 Å². The van der Waals surface area contributed by atoms with Crippen LogP contribution in [0.25, 0.3) is 0 Å². The van der Waals surface area contributed by atoms with Crippen LogP contribution < -0.4 is 10.6 Å². The monoisotopic (exact) mass is 248 g/mol. The van der Waals surface area contributed by atoms with E-state index in [9.17, 15) is 5.11 Å². The minimum Gasteiger partial charge on any atom is -0.395 e. The number of nitrogens with one attached hydrogen (secondary N) is 2. The first kappa shape index (κ1) is 13.5. The Kier molecular flexibility index (Phi) is 5.65. The maximum absolute atomic E-state index is 9.51. The van der Waals surface area contributed by atoms with Gasteiger partial charge in [0, 0.05) is 12.1 Å². The molecule has 0 bridgehead atoms. The van der Waals surface area contributed by atoms with Gasteiger partial charge in [-0.2, -0.15) is 0 Å². The molecule has 0 saturated carbocycles. The van der Waals surface area contributed by atoms with Crippen LogP contribution in [0.5, 0.6) is 0 Å². The highest BCUT2D eigenvalue weighted by atomic mass is 16.3. The highest BCUT2D eigenvalue weighted by molar-refractivity contribution is 5.15. The maximum Gasteiger partial charge on any atom is 0.0587 e. The van der Waals surface area contributed by atoms with Gasteiger partial charge < -0.3 is 15.7 Å². The molecule has 3 nitrogen and oxygen atoms in total. The summed E-state index contributed by atoms with van der Waals surface area (Å²) in [5.74, 6) is 0. The zero-order valence-corrected chi connectivity index (χ0v) is 10.9. The molecule has 0 amide bonds. The van der Waals surface area contributed by atoms with Crippen molar-refractivity contribution in [3.8, 4) is 0 Å². The number of aliphatic hydroxyl groups excluding tert-OH is 1. The van der Waals surface area contributed by atoms with Gasteiger partial charge in [0.25, 0.3) is 0 Å². The van der Waals surface area contributed by atoms with E-state index in [1.807, 2.05) is 6.07 Å². The predicted octanol–water partition coefficient (Wildman–Crippen LogP) is 1.32. The average molecular weight is 248 g/mol. The van der Waals surface area contributed by atoms with Crippen molar-refractivity contribution in [1.29, 1.82) is 0 Å². The lowest BCUT2D eigenvalue weighted by Crippen LogP contribution is -2.42. The smallest absolute Gasteiger partial charge is 0.0587 e. The second kappa shape index (κ2) is 7.52. The zero-order valence-electron chi connectivity index (χ0n) is 10.9. The van der Waals surface area contributed by atoms with Crippen LogP contribution in [0.2, 0.25) is 0 Å². The van der Waals surface area contributed by atoms with Gasteiger partial charge >= 0.3 is 0 Å². The Morgan fingerprint density at radius 1 is 1.22 bits per heavy atom. The molecule has 3 N–H and O–H groups in total. The molecule has 1 heterocycles. The Morgan fingerprint density at radius 3 is 2.83 bits per heavy atom. The van der Waals surface area contributed by atoms with Crippen molar-refractivity contribution >= 4 is 0 Å². The van der Waals surface area contributed by atoms with E-state index in [1.165, 1.54) is 18.4 Å². The molecule has 0 radical (unpaired) electrons. The summed E-state index contributed by atoms with van der Waals surface area (Å²) >= 11 is 0. The van der Waals surface area contributed by atoms with E-state index in [0.29, 0.717) is 6.04 Å². The molecule has 18 heavy (non-hydrogen) atoms. The van der Waals surface area contributed by atoms with Crippen LogP contribution in [0.1, 0.15) is 24.8 Å². The molecular formula is C15H24N2O. The Labute approximate surface area is 110 Å². The van der Waals surface area contributed by atoms with E-state index in [4.69, 9.17) is 0 Å². The standard InChI is InChI=1S/C15H24N2O/c18-12-15(11-13-5-2-1-3-6-13)17-14-7-4-9-16-10-8-14/h1-3,5-6,14-18H,4,7-12H2. The summed E-state index contributed by atoms with van der Waals surface area (Å²) in [6.07, 6.45) is 4.49. The highest BCUT2D eigenvalue weighted by Gasteiger charge is 2.16. The fraction of sp³-hybridized carbons (Fsp3) is 0.600. The van der Waals surface area contributed by atoms with Gasteiger partial charge in [-0.15, -0.1) is 0 Å². The van der Waals surface area contributed by atoms with E-state index >= 15 is 0 Å². The fourth-order valence-corrected chi connectivity index (χ4v) is 2.59. The third kappa shape index (κ3) is 4.41. The fourth-order valence-electron chi connectivity index (χ4n) is 2.59. The van der Waals surface area contributed by atoms with Crippen LogP contribution in [0.15, 0.2) is 30.3 Å². The first-order valence-electron chi connectivity index (χ1n) is 7.00. The van der Waals surface area contributed by atoms with Gasteiger partial charge in [0.1, 0.15) is 0 Å². The maximum atomic E-state index is 9.51. The third-order valence-electron chi connectivity index (χ3n) is 3.59. The topological polar surface area (TPSA) is 44.3 Å². The third-order valence-corrected chi connectivity index (χ3v) is 3.59. The lowest BCUT2D eigenvalue weighted by atomic mass is 10.0. The summed E-state index contributed by atoms with van der Waals surface area (Å²) in [5, 5.41) is 16.5. The van der Waals surface area contributed by atoms with Gasteiger partial charge in [-0.3, -0.25) is 0 Å². The van der Waals surface area contributed by atoms with Crippen LogP contribution in [-0.4, -0.2) is 36.9 Å². The lowest BCUT2D eigenvalue weighted by Gasteiger charge is -2.23. The van der Waals surface area contributed by atoms with Gasteiger partial charge in [-0.25, -0.2) is 0 Å². The van der Waals surface area contributed by atoms with Gasteiger partial charge in [-0.1, -0.05) is 30.3 Å². The molecule has 1 saturated heterocycles. The van der Waals surface area contributed by atoms with E-state index in [1.54, 1.807) is 0 Å². The van der Waals surface area contributed by atoms with Crippen LogP contribution >= 0.6 is 0 Å². The quantitative estimate of drug-likeness (QED) is 0.736. The molecule has 1 aliphatic heterocycles. The van der Waals surface area contributed by atoms with Crippen LogP contribution in [0, 0.1) is 0 Å². The van der Waals surface area contributed by atoms with Crippen LogP contribution in [0.4, 0.5) is 0 Å². The van der Waals surface area contributed by atoms with Crippen molar-refractivity contribution in [3.05, 3.63) is 35.9 Å². The summed E-state index contributed by atoms with van der Waals surface area (Å²) in [4.78, 5) is 0. The van der Waals surface area contributed by atoms with Crippen molar-refractivity contribution in [2.75, 3.05) is 19.7 Å².